The molecule has 1 unspecified atom stereocenters. The minimum Gasteiger partial charge on any atom is -0.272 e. The zero-order valence-electron chi connectivity index (χ0n) is 11.1. The lowest BCUT2D eigenvalue weighted by Crippen LogP contribution is -2.30. The third kappa shape index (κ3) is 2.15. The first-order chi connectivity index (χ1) is 8.41. The third-order valence-electron chi connectivity index (χ3n) is 3.25. The van der Waals surface area contributed by atoms with Crippen LogP contribution in [0.4, 0.5) is 5.69 Å². The van der Waals surface area contributed by atoms with Gasteiger partial charge in [0.15, 0.2) is 0 Å². The Bertz CT molecular complexity index is 523. The average molecular weight is 265 g/mol. The van der Waals surface area contributed by atoms with E-state index in [2.05, 4.69) is 5.10 Å². The third-order valence-corrected chi connectivity index (χ3v) is 3.66. The lowest BCUT2D eigenvalue weighted by molar-refractivity contribution is -0.120. The van der Waals surface area contributed by atoms with Gasteiger partial charge in [-0.25, -0.2) is 5.01 Å². The Kier molecular flexibility index (Phi) is 3.44. The van der Waals surface area contributed by atoms with Gasteiger partial charge in [0.1, 0.15) is 0 Å². The van der Waals surface area contributed by atoms with Gasteiger partial charge in [-0.15, -0.1) is 0 Å². The normalized spacial score (nSPS) is 19.7. The summed E-state index contributed by atoms with van der Waals surface area (Å²) in [7, 11) is 0. The van der Waals surface area contributed by atoms with Crippen LogP contribution in [0.3, 0.4) is 0 Å². The van der Waals surface area contributed by atoms with Crippen molar-refractivity contribution in [2.75, 3.05) is 5.01 Å². The molecule has 96 valence electrons. The predicted molar refractivity (Wildman–Crippen MR) is 75.1 cm³/mol. The maximum atomic E-state index is 12.3. The summed E-state index contributed by atoms with van der Waals surface area (Å²) < 4.78 is 0. The molecule has 1 aliphatic rings. The minimum absolute atomic E-state index is 0.0300. The van der Waals surface area contributed by atoms with Crippen LogP contribution in [-0.4, -0.2) is 11.6 Å². The van der Waals surface area contributed by atoms with Crippen LogP contribution >= 0.6 is 11.6 Å². The van der Waals surface area contributed by atoms with E-state index < -0.39 is 0 Å². The summed E-state index contributed by atoms with van der Waals surface area (Å²) in [5.74, 6) is 0.166. The molecule has 0 radical (unpaired) electrons. The number of hydrazone groups is 1. The highest BCUT2D eigenvalue weighted by atomic mass is 35.5. The van der Waals surface area contributed by atoms with Crippen molar-refractivity contribution >= 4 is 28.9 Å². The van der Waals surface area contributed by atoms with Crippen LogP contribution in [0.1, 0.15) is 26.3 Å². The average Bonchev–Trinajstić information content (AvgIpc) is 2.58. The second kappa shape index (κ2) is 4.73. The Balaban J connectivity index is 2.36. The molecule has 2 rings (SSSR count). The molecule has 1 atom stereocenters. The fourth-order valence-electron chi connectivity index (χ4n) is 2.25. The fourth-order valence-corrected chi connectivity index (χ4v) is 2.42. The number of hydrogen-bond donors (Lipinski definition) is 0. The number of aryl methyl sites for hydroxylation is 1. The van der Waals surface area contributed by atoms with Gasteiger partial charge in [-0.1, -0.05) is 31.5 Å². The highest BCUT2D eigenvalue weighted by Crippen LogP contribution is 2.30. The van der Waals surface area contributed by atoms with Gasteiger partial charge >= 0.3 is 0 Å². The summed E-state index contributed by atoms with van der Waals surface area (Å²) >= 11 is 6.09. The first-order valence-electron chi connectivity index (χ1n) is 6.07. The van der Waals surface area contributed by atoms with Gasteiger partial charge in [-0.2, -0.15) is 5.10 Å². The van der Waals surface area contributed by atoms with E-state index in [1.165, 1.54) is 5.01 Å². The lowest BCUT2D eigenvalue weighted by Gasteiger charge is -2.17. The van der Waals surface area contributed by atoms with Gasteiger partial charge in [0.25, 0.3) is 5.91 Å². The van der Waals surface area contributed by atoms with Crippen molar-refractivity contribution in [1.29, 1.82) is 0 Å². The van der Waals surface area contributed by atoms with E-state index in [0.29, 0.717) is 5.02 Å². The number of anilines is 1. The van der Waals surface area contributed by atoms with Crippen LogP contribution in [0.5, 0.6) is 0 Å². The molecule has 1 amide bonds. The molecular formula is C14H17ClN2O. The summed E-state index contributed by atoms with van der Waals surface area (Å²) in [5.41, 5.74) is 2.60. The van der Waals surface area contributed by atoms with Gasteiger partial charge in [0.05, 0.1) is 11.6 Å². The first kappa shape index (κ1) is 13.1. The van der Waals surface area contributed by atoms with Crippen molar-refractivity contribution in [1.82, 2.24) is 0 Å². The number of hydrogen-bond acceptors (Lipinski definition) is 2. The molecule has 0 aliphatic carbocycles. The monoisotopic (exact) mass is 264 g/mol. The summed E-state index contributed by atoms with van der Waals surface area (Å²) in [6, 6.07) is 5.56. The lowest BCUT2D eigenvalue weighted by atomic mass is 9.92. The summed E-state index contributed by atoms with van der Waals surface area (Å²) in [4.78, 5) is 12.3. The quantitative estimate of drug-likeness (QED) is 0.803. The Hall–Kier alpha value is -1.35. The summed E-state index contributed by atoms with van der Waals surface area (Å²) in [5, 5.41) is 6.47. The second-order valence-electron chi connectivity index (χ2n) is 5.05. The van der Waals surface area contributed by atoms with Crippen molar-refractivity contribution < 1.29 is 4.79 Å². The highest BCUT2D eigenvalue weighted by molar-refractivity contribution is 6.31. The molecule has 0 aromatic heterocycles. The van der Waals surface area contributed by atoms with Gasteiger partial charge < -0.3 is 0 Å². The maximum Gasteiger partial charge on any atom is 0.256 e. The molecule has 0 N–H and O–H groups in total. The number of halogens is 1. The van der Waals surface area contributed by atoms with E-state index in [9.17, 15) is 4.79 Å². The number of benzene rings is 1. The molecule has 4 heteroatoms. The van der Waals surface area contributed by atoms with E-state index in [4.69, 9.17) is 11.6 Å². The second-order valence-corrected chi connectivity index (χ2v) is 5.45. The Morgan fingerprint density at radius 1 is 1.33 bits per heavy atom. The van der Waals surface area contributed by atoms with Gasteiger partial charge in [0, 0.05) is 10.7 Å². The number of carbonyl (C=O) groups is 1. The van der Waals surface area contributed by atoms with Crippen LogP contribution in [0.15, 0.2) is 23.3 Å². The van der Waals surface area contributed by atoms with Crippen molar-refractivity contribution in [3.05, 3.63) is 28.8 Å². The molecule has 0 fully saturated rings. The molecule has 1 aromatic carbocycles. The first-order valence-corrected chi connectivity index (χ1v) is 6.45. The molecule has 18 heavy (non-hydrogen) atoms. The molecule has 3 nitrogen and oxygen atoms in total. The number of amides is 1. The number of rotatable bonds is 2. The van der Waals surface area contributed by atoms with Crippen LogP contribution in [0.2, 0.25) is 5.02 Å². The van der Waals surface area contributed by atoms with Gasteiger partial charge in [-0.05, 0) is 37.5 Å². The van der Waals surface area contributed by atoms with Crippen molar-refractivity contribution in [3.63, 3.8) is 0 Å². The molecule has 1 heterocycles. The highest BCUT2D eigenvalue weighted by Gasteiger charge is 2.36. The van der Waals surface area contributed by atoms with E-state index in [1.807, 2.05) is 39.8 Å². The van der Waals surface area contributed by atoms with Gasteiger partial charge in [-0.3, -0.25) is 4.79 Å². The number of nitrogens with zero attached hydrogens (tertiary/aromatic N) is 2. The SMILES string of the molecule is CC1=NN(c2ccc(C)c(Cl)c2)C(=O)C1C(C)C. The van der Waals surface area contributed by atoms with Crippen molar-refractivity contribution in [2.45, 2.75) is 27.7 Å². The number of carbonyl (C=O) groups excluding carboxylic acids is 1. The zero-order valence-corrected chi connectivity index (χ0v) is 11.8. The van der Waals surface area contributed by atoms with Crippen molar-refractivity contribution in [3.8, 4) is 0 Å². The summed E-state index contributed by atoms with van der Waals surface area (Å²) in [6.45, 7) is 7.90. The molecule has 1 aromatic rings. The molecule has 0 spiro atoms. The smallest absolute Gasteiger partial charge is 0.256 e. The largest absolute Gasteiger partial charge is 0.272 e. The minimum atomic E-state index is -0.120. The molecule has 0 saturated heterocycles. The molecule has 1 aliphatic heterocycles. The molecular weight excluding hydrogens is 248 g/mol. The van der Waals surface area contributed by atoms with Crippen molar-refractivity contribution in [2.24, 2.45) is 16.9 Å². The van der Waals surface area contributed by atoms with Gasteiger partial charge in [0.2, 0.25) is 0 Å². The van der Waals surface area contributed by atoms with E-state index in [1.54, 1.807) is 6.07 Å². The standard InChI is InChI=1S/C14H17ClN2O/c1-8(2)13-10(4)16-17(14(13)18)11-6-5-9(3)12(15)7-11/h5-8,13H,1-4H3. The van der Waals surface area contributed by atoms with E-state index in [0.717, 1.165) is 17.0 Å². The Morgan fingerprint density at radius 3 is 2.50 bits per heavy atom. The van der Waals surface area contributed by atoms with Crippen LogP contribution in [0, 0.1) is 18.8 Å². The fraction of sp³-hybridized carbons (Fsp3) is 0.429. The maximum absolute atomic E-state index is 12.3. The Labute approximate surface area is 112 Å². The van der Waals surface area contributed by atoms with Crippen LogP contribution in [-0.2, 0) is 4.79 Å². The molecule has 0 bridgehead atoms. The predicted octanol–water partition coefficient (Wildman–Crippen LogP) is 3.64. The zero-order chi connectivity index (χ0) is 13.4. The van der Waals surface area contributed by atoms with Crippen LogP contribution in [0.25, 0.3) is 0 Å². The molecule has 0 saturated carbocycles. The Morgan fingerprint density at radius 2 is 2.00 bits per heavy atom. The van der Waals surface area contributed by atoms with Crippen LogP contribution < -0.4 is 5.01 Å². The van der Waals surface area contributed by atoms with E-state index in [-0.39, 0.29) is 17.7 Å². The topological polar surface area (TPSA) is 32.7 Å². The summed E-state index contributed by atoms with van der Waals surface area (Å²) in [6.07, 6.45) is 0. The van der Waals surface area contributed by atoms with E-state index >= 15 is 0 Å².